The van der Waals surface area contributed by atoms with Gasteiger partial charge in [-0.15, -0.1) is 11.3 Å². The molecule has 2 heterocycles. The van der Waals surface area contributed by atoms with Gasteiger partial charge in [-0.25, -0.2) is 0 Å². The van der Waals surface area contributed by atoms with Gasteiger partial charge in [0.1, 0.15) is 12.6 Å². The third-order valence-corrected chi connectivity index (χ3v) is 3.95. The van der Waals surface area contributed by atoms with Gasteiger partial charge in [0.2, 0.25) is 5.91 Å². The Kier molecular flexibility index (Phi) is 4.92. The molecule has 0 aliphatic rings. The molecule has 0 radical (unpaired) electrons. The molecule has 2 aromatic rings. The van der Waals surface area contributed by atoms with Crippen molar-refractivity contribution in [2.45, 2.75) is 19.9 Å². The fourth-order valence-electron chi connectivity index (χ4n) is 2.14. The lowest BCUT2D eigenvalue weighted by Crippen LogP contribution is -2.33. The van der Waals surface area contributed by atoms with Crippen LogP contribution >= 0.6 is 11.3 Å². The molecule has 1 atom stereocenters. The standard InChI is InChI=1S/C14H19N3O2S/c1-10-7-11(2)17(16-10)12(13-5-4-6-20-13)8-15-14(18)9-19-3/h4-7,12H,8-9H2,1-3H3,(H,15,18). The van der Waals surface area contributed by atoms with E-state index in [-0.39, 0.29) is 18.6 Å². The van der Waals surface area contributed by atoms with Gasteiger partial charge in [-0.1, -0.05) is 6.07 Å². The lowest BCUT2D eigenvalue weighted by Gasteiger charge is -2.18. The molecular formula is C14H19N3O2S. The van der Waals surface area contributed by atoms with Gasteiger partial charge in [0.25, 0.3) is 0 Å². The number of carbonyl (C=O) groups is 1. The van der Waals surface area contributed by atoms with Gasteiger partial charge in [-0.05, 0) is 31.4 Å². The Hall–Kier alpha value is -1.66. The van der Waals surface area contributed by atoms with Gasteiger partial charge in [-0.3, -0.25) is 9.48 Å². The molecule has 0 aliphatic heterocycles. The van der Waals surface area contributed by atoms with Crippen molar-refractivity contribution in [3.63, 3.8) is 0 Å². The first kappa shape index (κ1) is 14.7. The predicted molar refractivity (Wildman–Crippen MR) is 79.0 cm³/mol. The van der Waals surface area contributed by atoms with Gasteiger partial charge in [-0.2, -0.15) is 5.10 Å². The van der Waals surface area contributed by atoms with E-state index in [1.807, 2.05) is 36.0 Å². The first-order valence-corrected chi connectivity index (χ1v) is 7.31. The largest absolute Gasteiger partial charge is 0.375 e. The molecule has 0 fully saturated rings. The van der Waals surface area contributed by atoms with E-state index in [0.717, 1.165) is 11.4 Å². The number of thiophene rings is 1. The summed E-state index contributed by atoms with van der Waals surface area (Å²) < 4.78 is 6.79. The fourth-order valence-corrected chi connectivity index (χ4v) is 2.95. The normalized spacial score (nSPS) is 12.3. The maximum absolute atomic E-state index is 11.6. The summed E-state index contributed by atoms with van der Waals surface area (Å²) in [5.41, 5.74) is 2.06. The van der Waals surface area contributed by atoms with Crippen LogP contribution < -0.4 is 5.32 Å². The molecule has 0 bridgehead atoms. The monoisotopic (exact) mass is 293 g/mol. The van der Waals surface area contributed by atoms with Crippen molar-refractivity contribution >= 4 is 17.2 Å². The SMILES string of the molecule is COCC(=O)NCC(c1cccs1)n1nc(C)cc1C. The number of hydrogen-bond acceptors (Lipinski definition) is 4. The summed E-state index contributed by atoms with van der Waals surface area (Å²) in [5, 5.41) is 9.45. The van der Waals surface area contributed by atoms with Crippen LogP contribution in [-0.4, -0.2) is 35.9 Å². The zero-order chi connectivity index (χ0) is 14.5. The Bertz CT molecular complexity index is 563. The smallest absolute Gasteiger partial charge is 0.246 e. The Morgan fingerprint density at radius 3 is 2.90 bits per heavy atom. The molecule has 5 nitrogen and oxygen atoms in total. The number of rotatable bonds is 6. The fraction of sp³-hybridized carbons (Fsp3) is 0.429. The second-order valence-corrected chi connectivity index (χ2v) is 5.62. The Morgan fingerprint density at radius 2 is 2.35 bits per heavy atom. The van der Waals surface area contributed by atoms with E-state index in [2.05, 4.69) is 16.5 Å². The Balaban J connectivity index is 2.18. The molecule has 0 saturated carbocycles. The van der Waals surface area contributed by atoms with Crippen LogP contribution in [0.3, 0.4) is 0 Å². The molecule has 6 heteroatoms. The number of ether oxygens (including phenoxy) is 1. The highest BCUT2D eigenvalue weighted by atomic mass is 32.1. The maximum atomic E-state index is 11.6. The van der Waals surface area contributed by atoms with Crippen molar-refractivity contribution < 1.29 is 9.53 Å². The Morgan fingerprint density at radius 1 is 1.55 bits per heavy atom. The van der Waals surface area contributed by atoms with Crippen molar-refractivity contribution in [3.05, 3.63) is 39.8 Å². The molecule has 0 aliphatic carbocycles. The third kappa shape index (κ3) is 3.46. The van der Waals surface area contributed by atoms with Gasteiger partial charge in [0.05, 0.1) is 5.69 Å². The minimum Gasteiger partial charge on any atom is -0.375 e. The van der Waals surface area contributed by atoms with Crippen molar-refractivity contribution in [3.8, 4) is 0 Å². The summed E-state index contributed by atoms with van der Waals surface area (Å²) in [4.78, 5) is 12.8. The van der Waals surface area contributed by atoms with Crippen molar-refractivity contribution in [2.24, 2.45) is 0 Å². The van der Waals surface area contributed by atoms with E-state index in [4.69, 9.17) is 4.74 Å². The summed E-state index contributed by atoms with van der Waals surface area (Å²) in [7, 11) is 1.51. The van der Waals surface area contributed by atoms with Crippen LogP contribution in [0.25, 0.3) is 0 Å². The molecule has 108 valence electrons. The summed E-state index contributed by atoms with van der Waals surface area (Å²) in [5.74, 6) is -0.115. The number of aryl methyl sites for hydroxylation is 2. The summed E-state index contributed by atoms with van der Waals surface area (Å²) in [6.45, 7) is 4.58. The number of nitrogens with one attached hydrogen (secondary N) is 1. The number of methoxy groups -OCH3 is 1. The topological polar surface area (TPSA) is 56.1 Å². The molecule has 1 N–H and O–H groups in total. The van der Waals surface area contributed by atoms with E-state index >= 15 is 0 Å². The predicted octanol–water partition coefficient (Wildman–Crippen LogP) is 1.91. The molecular weight excluding hydrogens is 274 g/mol. The highest BCUT2D eigenvalue weighted by Crippen LogP contribution is 2.24. The summed E-state index contributed by atoms with van der Waals surface area (Å²) in [6, 6.07) is 6.13. The molecule has 0 spiro atoms. The van der Waals surface area contributed by atoms with E-state index < -0.39 is 0 Å². The van der Waals surface area contributed by atoms with E-state index in [9.17, 15) is 4.79 Å². The highest BCUT2D eigenvalue weighted by Gasteiger charge is 2.18. The van der Waals surface area contributed by atoms with E-state index in [1.54, 1.807) is 11.3 Å². The van der Waals surface area contributed by atoms with Gasteiger partial charge >= 0.3 is 0 Å². The second-order valence-electron chi connectivity index (χ2n) is 4.64. The van der Waals surface area contributed by atoms with Gasteiger partial charge < -0.3 is 10.1 Å². The van der Waals surface area contributed by atoms with Crippen LogP contribution in [0.15, 0.2) is 23.6 Å². The lowest BCUT2D eigenvalue weighted by atomic mass is 10.2. The van der Waals surface area contributed by atoms with Crippen LogP contribution in [0.4, 0.5) is 0 Å². The number of carbonyl (C=O) groups excluding carboxylic acids is 1. The number of nitrogens with zero attached hydrogens (tertiary/aromatic N) is 2. The van der Waals surface area contributed by atoms with Gasteiger partial charge in [0, 0.05) is 24.2 Å². The minimum absolute atomic E-state index is 0.0181. The number of amides is 1. The van der Waals surface area contributed by atoms with Crippen LogP contribution in [0.5, 0.6) is 0 Å². The zero-order valence-electron chi connectivity index (χ0n) is 11.9. The van der Waals surface area contributed by atoms with Crippen molar-refractivity contribution in [2.75, 3.05) is 20.3 Å². The molecule has 2 aromatic heterocycles. The first-order valence-electron chi connectivity index (χ1n) is 6.43. The first-order chi connectivity index (χ1) is 9.61. The van der Waals surface area contributed by atoms with Crippen LogP contribution in [0, 0.1) is 13.8 Å². The summed E-state index contributed by atoms with van der Waals surface area (Å²) >= 11 is 1.67. The molecule has 2 rings (SSSR count). The molecule has 20 heavy (non-hydrogen) atoms. The molecule has 0 saturated heterocycles. The molecule has 1 amide bonds. The van der Waals surface area contributed by atoms with Crippen LogP contribution in [0.1, 0.15) is 22.3 Å². The highest BCUT2D eigenvalue weighted by molar-refractivity contribution is 7.10. The van der Waals surface area contributed by atoms with Crippen molar-refractivity contribution in [1.82, 2.24) is 15.1 Å². The van der Waals surface area contributed by atoms with Crippen LogP contribution in [-0.2, 0) is 9.53 Å². The molecule has 0 aromatic carbocycles. The summed E-state index contributed by atoms with van der Waals surface area (Å²) in [6.07, 6.45) is 0. The van der Waals surface area contributed by atoms with Gasteiger partial charge in [0.15, 0.2) is 0 Å². The van der Waals surface area contributed by atoms with E-state index in [1.165, 1.54) is 12.0 Å². The quantitative estimate of drug-likeness (QED) is 0.885. The second kappa shape index (κ2) is 6.67. The third-order valence-electron chi connectivity index (χ3n) is 2.98. The lowest BCUT2D eigenvalue weighted by molar-refractivity contribution is -0.124. The Labute approximate surface area is 122 Å². The number of aromatic nitrogens is 2. The van der Waals surface area contributed by atoms with Crippen LogP contribution in [0.2, 0.25) is 0 Å². The maximum Gasteiger partial charge on any atom is 0.246 e. The minimum atomic E-state index is -0.115. The average molecular weight is 293 g/mol. The van der Waals surface area contributed by atoms with Crippen molar-refractivity contribution in [1.29, 1.82) is 0 Å². The number of hydrogen-bond donors (Lipinski definition) is 1. The zero-order valence-corrected chi connectivity index (χ0v) is 12.7. The molecule has 1 unspecified atom stereocenters. The van der Waals surface area contributed by atoms with E-state index in [0.29, 0.717) is 6.54 Å². The average Bonchev–Trinajstić information content (AvgIpc) is 3.01.